The van der Waals surface area contributed by atoms with Gasteiger partial charge < -0.3 is 4.90 Å². The molecular formula is C16H22N4O2S. The molecule has 1 N–H and O–H groups in total. The summed E-state index contributed by atoms with van der Waals surface area (Å²) >= 11 is 0. The molecule has 0 aliphatic carbocycles. The minimum absolute atomic E-state index is 0.328. The first-order valence-corrected chi connectivity index (χ1v) is 9.41. The third kappa shape index (κ3) is 3.11. The van der Waals surface area contributed by atoms with Crippen LogP contribution in [0, 0.1) is 0 Å². The van der Waals surface area contributed by atoms with Crippen molar-refractivity contribution in [2.45, 2.75) is 38.3 Å². The highest BCUT2D eigenvalue weighted by Crippen LogP contribution is 2.31. The number of anilines is 1. The molecule has 1 aromatic carbocycles. The first-order valence-electron chi connectivity index (χ1n) is 7.93. The maximum Gasteiger partial charge on any atom is 0.240 e. The Kier molecular flexibility index (Phi) is 4.41. The van der Waals surface area contributed by atoms with Crippen LogP contribution in [-0.4, -0.2) is 31.3 Å². The number of aromatic nitrogens is 2. The van der Waals surface area contributed by atoms with E-state index in [0.717, 1.165) is 37.4 Å². The Balaban J connectivity index is 1.90. The van der Waals surface area contributed by atoms with Crippen molar-refractivity contribution in [3.8, 4) is 0 Å². The van der Waals surface area contributed by atoms with E-state index >= 15 is 0 Å². The monoisotopic (exact) mass is 334 g/mol. The zero-order valence-electron chi connectivity index (χ0n) is 13.5. The van der Waals surface area contributed by atoms with Crippen LogP contribution in [0.25, 0.3) is 0 Å². The van der Waals surface area contributed by atoms with E-state index < -0.39 is 10.0 Å². The van der Waals surface area contributed by atoms with E-state index in [1.165, 1.54) is 5.56 Å². The highest BCUT2D eigenvalue weighted by Gasteiger charge is 2.23. The summed E-state index contributed by atoms with van der Waals surface area (Å²) in [6.45, 7) is 6.70. The molecule has 1 aliphatic heterocycles. The molecule has 23 heavy (non-hydrogen) atoms. The predicted molar refractivity (Wildman–Crippen MR) is 90.0 cm³/mol. The van der Waals surface area contributed by atoms with Crippen molar-refractivity contribution in [3.05, 3.63) is 41.7 Å². The predicted octanol–water partition coefficient (Wildman–Crippen LogP) is 1.76. The second-order valence-electron chi connectivity index (χ2n) is 5.60. The fraction of sp³-hybridized carbons (Fsp3) is 0.438. The molecule has 0 bridgehead atoms. The Bertz CT molecular complexity index is 798. The number of aryl methyl sites for hydroxylation is 1. The summed E-state index contributed by atoms with van der Waals surface area (Å²) < 4.78 is 28.9. The SMILES string of the molecule is CCNS(=O)(=O)c1ccc2c(c1)N(Cc1ccnn1CC)CC2. The number of nitrogens with one attached hydrogen (secondary N) is 1. The van der Waals surface area contributed by atoms with Crippen molar-refractivity contribution in [1.82, 2.24) is 14.5 Å². The van der Waals surface area contributed by atoms with Gasteiger partial charge in [-0.05, 0) is 37.1 Å². The highest BCUT2D eigenvalue weighted by molar-refractivity contribution is 7.89. The van der Waals surface area contributed by atoms with Gasteiger partial charge in [-0.2, -0.15) is 5.10 Å². The molecule has 0 fully saturated rings. The Morgan fingerprint density at radius 3 is 2.83 bits per heavy atom. The first-order chi connectivity index (χ1) is 11.0. The summed E-state index contributed by atoms with van der Waals surface area (Å²) in [5, 5.41) is 4.30. The third-order valence-electron chi connectivity index (χ3n) is 4.15. The van der Waals surface area contributed by atoms with Gasteiger partial charge >= 0.3 is 0 Å². The standard InChI is InChI=1S/C16H22N4O2S/c1-3-18-23(21,22)15-6-5-13-8-10-19(16(13)11-15)12-14-7-9-17-20(14)4-2/h5-7,9,11,18H,3-4,8,10,12H2,1-2H3. The molecule has 0 saturated carbocycles. The molecule has 1 aromatic heterocycles. The number of sulfonamides is 1. The Hall–Kier alpha value is -1.86. The van der Waals surface area contributed by atoms with Crippen molar-refractivity contribution >= 4 is 15.7 Å². The van der Waals surface area contributed by atoms with Crippen molar-refractivity contribution in [2.75, 3.05) is 18.0 Å². The Morgan fingerprint density at radius 2 is 2.09 bits per heavy atom. The summed E-state index contributed by atoms with van der Waals surface area (Å²) in [4.78, 5) is 2.55. The van der Waals surface area contributed by atoms with Crippen molar-refractivity contribution in [1.29, 1.82) is 0 Å². The van der Waals surface area contributed by atoms with Gasteiger partial charge in [-0.25, -0.2) is 13.1 Å². The van der Waals surface area contributed by atoms with Gasteiger partial charge in [0, 0.05) is 31.5 Å². The third-order valence-corrected chi connectivity index (χ3v) is 5.69. The van der Waals surface area contributed by atoms with Gasteiger partial charge in [0.1, 0.15) is 0 Å². The van der Waals surface area contributed by atoms with Crippen molar-refractivity contribution in [3.63, 3.8) is 0 Å². The van der Waals surface area contributed by atoms with Crippen LogP contribution < -0.4 is 9.62 Å². The quantitative estimate of drug-likeness (QED) is 0.874. The molecule has 2 aromatic rings. The number of benzene rings is 1. The molecular weight excluding hydrogens is 312 g/mol. The molecule has 6 nitrogen and oxygen atoms in total. The van der Waals surface area contributed by atoms with Crippen LogP contribution in [0.4, 0.5) is 5.69 Å². The van der Waals surface area contributed by atoms with E-state index in [1.54, 1.807) is 19.1 Å². The average Bonchev–Trinajstić information content (AvgIpc) is 3.14. The van der Waals surface area contributed by atoms with Gasteiger partial charge in [-0.3, -0.25) is 4.68 Å². The molecule has 2 heterocycles. The molecule has 0 radical (unpaired) electrons. The summed E-state index contributed by atoms with van der Waals surface area (Å²) in [6, 6.07) is 7.42. The van der Waals surface area contributed by atoms with Gasteiger partial charge in [0.25, 0.3) is 0 Å². The summed E-state index contributed by atoms with van der Waals surface area (Å²) in [5.41, 5.74) is 3.34. The lowest BCUT2D eigenvalue weighted by Crippen LogP contribution is -2.24. The van der Waals surface area contributed by atoms with Crippen molar-refractivity contribution < 1.29 is 8.42 Å². The van der Waals surface area contributed by atoms with Crippen LogP contribution in [0.2, 0.25) is 0 Å². The highest BCUT2D eigenvalue weighted by atomic mass is 32.2. The summed E-state index contributed by atoms with van der Waals surface area (Å²) in [7, 11) is -3.42. The average molecular weight is 334 g/mol. The maximum atomic E-state index is 12.2. The van der Waals surface area contributed by atoms with Crippen molar-refractivity contribution in [2.24, 2.45) is 0 Å². The number of rotatable bonds is 6. The molecule has 0 unspecified atom stereocenters. The molecule has 0 saturated heterocycles. The molecule has 0 amide bonds. The van der Waals surface area contributed by atoms with Crippen LogP contribution in [0.5, 0.6) is 0 Å². The number of hydrogen-bond donors (Lipinski definition) is 1. The number of nitrogens with zero attached hydrogens (tertiary/aromatic N) is 3. The zero-order chi connectivity index (χ0) is 16.4. The number of fused-ring (bicyclic) bond motifs is 1. The van der Waals surface area contributed by atoms with E-state index in [0.29, 0.717) is 11.4 Å². The molecule has 7 heteroatoms. The van der Waals surface area contributed by atoms with Crippen LogP contribution in [0.1, 0.15) is 25.1 Å². The lowest BCUT2D eigenvalue weighted by molar-refractivity contribution is 0.584. The van der Waals surface area contributed by atoms with E-state index in [9.17, 15) is 8.42 Å². The normalized spacial score (nSPS) is 14.3. The van der Waals surface area contributed by atoms with Gasteiger partial charge in [-0.1, -0.05) is 13.0 Å². The first kappa shape index (κ1) is 16.0. The van der Waals surface area contributed by atoms with Gasteiger partial charge in [0.05, 0.1) is 17.1 Å². The van der Waals surface area contributed by atoms with Crippen LogP contribution in [0.3, 0.4) is 0 Å². The Labute approximate surface area is 137 Å². The second-order valence-corrected chi connectivity index (χ2v) is 7.37. The molecule has 1 aliphatic rings. The van der Waals surface area contributed by atoms with E-state index in [2.05, 4.69) is 21.6 Å². The fourth-order valence-corrected chi connectivity index (χ4v) is 4.07. The topological polar surface area (TPSA) is 67.2 Å². The molecule has 0 atom stereocenters. The van der Waals surface area contributed by atoms with E-state index in [1.807, 2.05) is 23.0 Å². The maximum absolute atomic E-state index is 12.2. The van der Waals surface area contributed by atoms with Crippen LogP contribution in [-0.2, 0) is 29.5 Å². The fourth-order valence-electron chi connectivity index (χ4n) is 3.00. The minimum atomic E-state index is -3.42. The van der Waals surface area contributed by atoms with E-state index in [-0.39, 0.29) is 0 Å². The van der Waals surface area contributed by atoms with Crippen LogP contribution >= 0.6 is 0 Å². The van der Waals surface area contributed by atoms with Crippen LogP contribution in [0.15, 0.2) is 35.4 Å². The molecule has 0 spiro atoms. The number of hydrogen-bond acceptors (Lipinski definition) is 4. The zero-order valence-corrected chi connectivity index (χ0v) is 14.3. The lowest BCUT2D eigenvalue weighted by atomic mass is 10.2. The lowest BCUT2D eigenvalue weighted by Gasteiger charge is -2.20. The summed E-state index contributed by atoms with van der Waals surface area (Å²) in [6.07, 6.45) is 2.75. The minimum Gasteiger partial charge on any atom is -0.365 e. The van der Waals surface area contributed by atoms with Gasteiger partial charge in [-0.15, -0.1) is 0 Å². The summed E-state index contributed by atoms with van der Waals surface area (Å²) in [5.74, 6) is 0. The molecule has 3 rings (SSSR count). The van der Waals surface area contributed by atoms with Gasteiger partial charge in [0.15, 0.2) is 0 Å². The van der Waals surface area contributed by atoms with Gasteiger partial charge in [0.2, 0.25) is 10.0 Å². The Morgan fingerprint density at radius 1 is 1.26 bits per heavy atom. The largest absolute Gasteiger partial charge is 0.365 e. The second kappa shape index (κ2) is 6.33. The smallest absolute Gasteiger partial charge is 0.240 e. The van der Waals surface area contributed by atoms with E-state index in [4.69, 9.17) is 0 Å². The molecule has 124 valence electrons.